The molecule has 0 bridgehead atoms. The van der Waals surface area contributed by atoms with Gasteiger partial charge < -0.3 is 15.4 Å². The fraction of sp³-hybridized carbons (Fsp3) is 0.350. The van der Waals surface area contributed by atoms with Crippen LogP contribution in [0.25, 0.3) is 0 Å². The van der Waals surface area contributed by atoms with Gasteiger partial charge in [-0.2, -0.15) is 0 Å². The number of hydrogen-bond acceptors (Lipinski definition) is 3. The van der Waals surface area contributed by atoms with Crippen molar-refractivity contribution in [3.63, 3.8) is 0 Å². The van der Waals surface area contributed by atoms with Crippen molar-refractivity contribution in [1.29, 1.82) is 0 Å². The van der Waals surface area contributed by atoms with Crippen LogP contribution in [0.1, 0.15) is 29.9 Å². The molecule has 1 amide bonds. The molecule has 3 atom stereocenters. The van der Waals surface area contributed by atoms with Crippen molar-refractivity contribution in [3.05, 3.63) is 65.7 Å². The number of carbonyl (C=O) groups is 1. The molecule has 1 aliphatic heterocycles. The van der Waals surface area contributed by atoms with Crippen LogP contribution in [0.15, 0.2) is 54.6 Å². The number of carbonyl (C=O) groups excluding carboxylic acids is 1. The lowest BCUT2D eigenvalue weighted by Gasteiger charge is -2.21. The predicted octanol–water partition coefficient (Wildman–Crippen LogP) is 3.17. The van der Waals surface area contributed by atoms with E-state index in [0.717, 1.165) is 11.3 Å². The third kappa shape index (κ3) is 4.14. The minimum absolute atomic E-state index is 0. The molecule has 1 saturated heterocycles. The van der Waals surface area contributed by atoms with E-state index in [1.54, 1.807) is 7.11 Å². The molecule has 1 heterocycles. The quantitative estimate of drug-likeness (QED) is 0.911. The summed E-state index contributed by atoms with van der Waals surface area (Å²) in [6.45, 7) is 3.24. The second kappa shape index (κ2) is 8.37. The van der Waals surface area contributed by atoms with Gasteiger partial charge in [-0.15, -0.1) is 12.4 Å². The Morgan fingerprint density at radius 1 is 1.12 bits per heavy atom. The molecular weight excluding hydrogens is 336 g/mol. The van der Waals surface area contributed by atoms with Gasteiger partial charge in [0.05, 0.1) is 13.0 Å². The van der Waals surface area contributed by atoms with Gasteiger partial charge in [0.1, 0.15) is 5.75 Å². The summed E-state index contributed by atoms with van der Waals surface area (Å²) >= 11 is 0. The van der Waals surface area contributed by atoms with Gasteiger partial charge in [-0.3, -0.25) is 4.79 Å². The molecule has 0 spiro atoms. The van der Waals surface area contributed by atoms with Crippen LogP contribution >= 0.6 is 12.4 Å². The molecule has 25 heavy (non-hydrogen) atoms. The number of nitrogens with zero attached hydrogens (tertiary/aromatic N) is 1. The zero-order valence-electron chi connectivity index (χ0n) is 14.6. The first-order valence-electron chi connectivity index (χ1n) is 8.33. The van der Waals surface area contributed by atoms with Crippen LogP contribution in [0.2, 0.25) is 0 Å². The summed E-state index contributed by atoms with van der Waals surface area (Å²) in [6, 6.07) is 17.9. The fourth-order valence-corrected chi connectivity index (χ4v) is 3.37. The second-order valence-corrected chi connectivity index (χ2v) is 6.42. The number of likely N-dealkylation sites (tertiary alicyclic amines) is 1. The summed E-state index contributed by atoms with van der Waals surface area (Å²) in [5, 5.41) is 0. The van der Waals surface area contributed by atoms with E-state index in [9.17, 15) is 4.79 Å². The summed E-state index contributed by atoms with van der Waals surface area (Å²) in [7, 11) is 1.64. The van der Waals surface area contributed by atoms with Gasteiger partial charge in [0, 0.05) is 25.0 Å². The zero-order chi connectivity index (χ0) is 17.1. The minimum Gasteiger partial charge on any atom is -0.497 e. The standard InChI is InChI=1S/C20H24N2O2.ClH/c1-14(15-8-10-17(24-2)11-9-15)20(23)22-12-18(19(21)13-22)16-6-4-3-5-7-16;/h3-11,14,18-19H,12-13,21H2,1-2H3;1H/t14?,18-,19+;/m0./s1. The second-order valence-electron chi connectivity index (χ2n) is 6.42. The molecule has 0 radical (unpaired) electrons. The number of methoxy groups -OCH3 is 1. The van der Waals surface area contributed by atoms with Crippen molar-refractivity contribution in [2.24, 2.45) is 5.73 Å². The van der Waals surface area contributed by atoms with Crippen LogP contribution in [-0.2, 0) is 4.79 Å². The fourth-order valence-electron chi connectivity index (χ4n) is 3.37. The lowest BCUT2D eigenvalue weighted by atomic mass is 9.95. The SMILES string of the molecule is COc1ccc(C(C)C(=O)N2C[C@@H](N)[C@H](c3ccccc3)C2)cc1.Cl. The number of ether oxygens (including phenoxy) is 1. The third-order valence-electron chi connectivity index (χ3n) is 4.89. The van der Waals surface area contributed by atoms with Crippen LogP contribution in [0.5, 0.6) is 5.75 Å². The van der Waals surface area contributed by atoms with Crippen LogP contribution in [-0.4, -0.2) is 37.0 Å². The van der Waals surface area contributed by atoms with Crippen LogP contribution in [0.4, 0.5) is 0 Å². The summed E-state index contributed by atoms with van der Waals surface area (Å²) in [6.07, 6.45) is 0. The number of rotatable bonds is 4. The van der Waals surface area contributed by atoms with Gasteiger partial charge in [0.15, 0.2) is 0 Å². The Bertz CT molecular complexity index is 691. The number of benzene rings is 2. The van der Waals surface area contributed by atoms with Crippen molar-refractivity contribution in [2.75, 3.05) is 20.2 Å². The summed E-state index contributed by atoms with van der Waals surface area (Å²) in [5.41, 5.74) is 8.51. The molecular formula is C20H25ClN2O2. The van der Waals surface area contributed by atoms with E-state index in [1.165, 1.54) is 5.56 Å². The van der Waals surface area contributed by atoms with E-state index in [4.69, 9.17) is 10.5 Å². The third-order valence-corrected chi connectivity index (χ3v) is 4.89. The van der Waals surface area contributed by atoms with E-state index in [1.807, 2.05) is 54.3 Å². The van der Waals surface area contributed by atoms with Crippen molar-refractivity contribution < 1.29 is 9.53 Å². The van der Waals surface area contributed by atoms with Gasteiger partial charge in [0.2, 0.25) is 5.91 Å². The molecule has 2 aromatic rings. The smallest absolute Gasteiger partial charge is 0.229 e. The average molecular weight is 361 g/mol. The Morgan fingerprint density at radius 2 is 1.76 bits per heavy atom. The molecule has 0 aliphatic carbocycles. The van der Waals surface area contributed by atoms with E-state index in [2.05, 4.69) is 12.1 Å². The van der Waals surface area contributed by atoms with Gasteiger partial charge >= 0.3 is 0 Å². The highest BCUT2D eigenvalue weighted by molar-refractivity contribution is 5.85. The Labute approximate surface area is 155 Å². The van der Waals surface area contributed by atoms with E-state index >= 15 is 0 Å². The number of amides is 1. The Morgan fingerprint density at radius 3 is 2.36 bits per heavy atom. The maximum atomic E-state index is 12.9. The highest BCUT2D eigenvalue weighted by Gasteiger charge is 2.35. The van der Waals surface area contributed by atoms with Crippen LogP contribution in [0, 0.1) is 0 Å². The normalized spacial score (nSPS) is 20.7. The number of hydrogen-bond donors (Lipinski definition) is 1. The van der Waals surface area contributed by atoms with Gasteiger partial charge in [0.25, 0.3) is 0 Å². The summed E-state index contributed by atoms with van der Waals surface area (Å²) < 4.78 is 5.17. The Balaban J connectivity index is 0.00000225. The summed E-state index contributed by atoms with van der Waals surface area (Å²) in [5.74, 6) is 0.954. The molecule has 2 N–H and O–H groups in total. The van der Waals surface area contributed by atoms with Crippen LogP contribution < -0.4 is 10.5 Å². The Hall–Kier alpha value is -2.04. The van der Waals surface area contributed by atoms with Crippen molar-refractivity contribution in [3.8, 4) is 5.75 Å². The molecule has 0 saturated carbocycles. The predicted molar refractivity (Wildman–Crippen MR) is 102 cm³/mol. The van der Waals surface area contributed by atoms with Gasteiger partial charge in [-0.1, -0.05) is 42.5 Å². The maximum absolute atomic E-state index is 12.9. The van der Waals surface area contributed by atoms with Crippen molar-refractivity contribution in [1.82, 2.24) is 4.90 Å². The first-order chi connectivity index (χ1) is 11.6. The molecule has 1 unspecified atom stereocenters. The Kier molecular flexibility index (Phi) is 6.45. The van der Waals surface area contributed by atoms with Crippen LogP contribution in [0.3, 0.4) is 0 Å². The maximum Gasteiger partial charge on any atom is 0.229 e. The first-order valence-corrected chi connectivity index (χ1v) is 8.33. The number of nitrogens with two attached hydrogens (primary N) is 1. The van der Waals surface area contributed by atoms with Crippen molar-refractivity contribution in [2.45, 2.75) is 24.8 Å². The molecule has 134 valence electrons. The molecule has 1 aliphatic rings. The monoisotopic (exact) mass is 360 g/mol. The van der Waals surface area contributed by atoms with Crippen molar-refractivity contribution >= 4 is 18.3 Å². The molecule has 4 nitrogen and oxygen atoms in total. The topological polar surface area (TPSA) is 55.6 Å². The first kappa shape index (κ1) is 19.3. The van der Waals surface area contributed by atoms with E-state index < -0.39 is 0 Å². The highest BCUT2D eigenvalue weighted by Crippen LogP contribution is 2.29. The van der Waals surface area contributed by atoms with Gasteiger partial charge in [-0.05, 0) is 30.2 Å². The molecule has 0 aromatic heterocycles. The van der Waals surface area contributed by atoms with E-state index in [0.29, 0.717) is 13.1 Å². The van der Waals surface area contributed by atoms with Gasteiger partial charge in [-0.25, -0.2) is 0 Å². The molecule has 5 heteroatoms. The van der Waals surface area contributed by atoms with E-state index in [-0.39, 0.29) is 36.2 Å². The molecule has 3 rings (SSSR count). The highest BCUT2D eigenvalue weighted by atomic mass is 35.5. The minimum atomic E-state index is -0.183. The largest absolute Gasteiger partial charge is 0.497 e. The molecule has 2 aromatic carbocycles. The zero-order valence-corrected chi connectivity index (χ0v) is 15.4. The molecule has 1 fully saturated rings. The lowest BCUT2D eigenvalue weighted by Crippen LogP contribution is -2.34. The average Bonchev–Trinajstić information content (AvgIpc) is 3.03. The summed E-state index contributed by atoms with van der Waals surface area (Å²) in [4.78, 5) is 14.8. The lowest BCUT2D eigenvalue weighted by molar-refractivity contribution is -0.131. The number of halogens is 1.